The normalized spacial score (nSPS) is 18.7. The molecule has 0 bridgehead atoms. The van der Waals surface area contributed by atoms with E-state index in [0.29, 0.717) is 23.4 Å². The molecule has 0 atom stereocenters. The monoisotopic (exact) mass is 394 g/mol. The highest BCUT2D eigenvalue weighted by Gasteiger charge is 2.27. The molecule has 2 aromatic heterocycles. The Kier molecular flexibility index (Phi) is 4.28. The van der Waals surface area contributed by atoms with Gasteiger partial charge in [0.05, 0.1) is 27.8 Å². The first-order valence-corrected chi connectivity index (χ1v) is 10.3. The minimum Gasteiger partial charge on any atom is -0.345 e. The van der Waals surface area contributed by atoms with Crippen LogP contribution in [0.25, 0.3) is 17.5 Å². The molecular formula is C16H15ClN4O4S. The Labute approximate surface area is 154 Å². The van der Waals surface area contributed by atoms with E-state index in [4.69, 9.17) is 16.1 Å². The maximum absolute atomic E-state index is 12.3. The number of hydrogen-bond acceptors (Lipinski definition) is 7. The van der Waals surface area contributed by atoms with Crippen LogP contribution in [0.15, 0.2) is 16.8 Å². The topological polar surface area (TPSA) is 115 Å². The van der Waals surface area contributed by atoms with Crippen molar-refractivity contribution in [3.63, 3.8) is 0 Å². The van der Waals surface area contributed by atoms with Crippen molar-refractivity contribution in [3.8, 4) is 11.4 Å². The van der Waals surface area contributed by atoms with Gasteiger partial charge in [-0.2, -0.15) is 4.98 Å². The van der Waals surface area contributed by atoms with E-state index in [-0.39, 0.29) is 29.3 Å². The Morgan fingerprint density at radius 1 is 1.31 bits per heavy atom. The smallest absolute Gasteiger partial charge is 0.316 e. The van der Waals surface area contributed by atoms with E-state index in [2.05, 4.69) is 20.4 Å². The molecule has 0 saturated carbocycles. The van der Waals surface area contributed by atoms with Crippen molar-refractivity contribution in [3.05, 3.63) is 34.4 Å². The fourth-order valence-corrected chi connectivity index (χ4v) is 4.82. The second-order valence-electron chi connectivity index (χ2n) is 6.28. The largest absolute Gasteiger partial charge is 0.345 e. The predicted octanol–water partition coefficient (Wildman–Crippen LogP) is 1.66. The standard InChI is InChI=1S/C16H15ClN4O4S/c17-13-10-2-1-3-12(10)18-8-11(13)14-20-16(25-21-14)15(22)19-9-4-6-26(23,24)7-5-9/h1-2,8-9H,3-7H2,(H,19,22). The van der Waals surface area contributed by atoms with Gasteiger partial charge in [0.1, 0.15) is 9.84 Å². The summed E-state index contributed by atoms with van der Waals surface area (Å²) in [6.45, 7) is 0. The minimum absolute atomic E-state index is 0.0664. The zero-order valence-electron chi connectivity index (χ0n) is 13.6. The lowest BCUT2D eigenvalue weighted by Crippen LogP contribution is -2.40. The van der Waals surface area contributed by atoms with Gasteiger partial charge in [0.2, 0.25) is 5.82 Å². The molecular weight excluding hydrogens is 380 g/mol. The lowest BCUT2D eigenvalue weighted by Gasteiger charge is -2.22. The molecule has 0 spiro atoms. The fraction of sp³-hybridized carbons (Fsp3) is 0.375. The lowest BCUT2D eigenvalue weighted by atomic mass is 10.1. The molecule has 2 aliphatic rings. The van der Waals surface area contributed by atoms with Crippen molar-refractivity contribution in [1.29, 1.82) is 0 Å². The molecule has 4 rings (SSSR count). The van der Waals surface area contributed by atoms with Gasteiger partial charge in [-0.05, 0) is 12.8 Å². The quantitative estimate of drug-likeness (QED) is 0.841. The zero-order valence-corrected chi connectivity index (χ0v) is 15.2. The summed E-state index contributed by atoms with van der Waals surface area (Å²) in [7, 11) is -2.99. The van der Waals surface area contributed by atoms with E-state index in [1.807, 2.05) is 12.2 Å². The molecule has 3 heterocycles. The molecule has 1 aliphatic heterocycles. The highest BCUT2D eigenvalue weighted by atomic mass is 35.5. The Morgan fingerprint density at radius 3 is 2.85 bits per heavy atom. The number of nitrogens with one attached hydrogen (secondary N) is 1. The number of amides is 1. The average molecular weight is 395 g/mol. The van der Waals surface area contributed by atoms with Gasteiger partial charge in [0.15, 0.2) is 0 Å². The van der Waals surface area contributed by atoms with Gasteiger partial charge in [-0.25, -0.2) is 8.42 Å². The molecule has 0 aromatic carbocycles. The summed E-state index contributed by atoms with van der Waals surface area (Å²) in [5.41, 5.74) is 2.19. The number of allylic oxidation sites excluding steroid dienone is 1. The number of pyridine rings is 1. The first-order chi connectivity index (χ1) is 12.4. The van der Waals surface area contributed by atoms with E-state index in [0.717, 1.165) is 17.7 Å². The van der Waals surface area contributed by atoms with Gasteiger partial charge < -0.3 is 9.84 Å². The molecule has 1 fully saturated rings. The molecule has 8 nitrogen and oxygen atoms in total. The fourth-order valence-electron chi connectivity index (χ4n) is 3.02. The Balaban J connectivity index is 1.50. The Hall–Kier alpha value is -2.26. The van der Waals surface area contributed by atoms with Crippen LogP contribution >= 0.6 is 11.6 Å². The number of hydrogen-bond donors (Lipinski definition) is 1. The molecule has 1 aliphatic carbocycles. The van der Waals surface area contributed by atoms with Crippen molar-refractivity contribution in [2.75, 3.05) is 11.5 Å². The SMILES string of the molecule is O=C(NC1CCS(=O)(=O)CC1)c1nc(-c2cnc3c(c2Cl)C=CC3)no1. The molecule has 26 heavy (non-hydrogen) atoms. The molecule has 0 unspecified atom stereocenters. The van der Waals surface area contributed by atoms with E-state index >= 15 is 0 Å². The highest BCUT2D eigenvalue weighted by molar-refractivity contribution is 7.91. The summed E-state index contributed by atoms with van der Waals surface area (Å²) in [5, 5.41) is 7.02. The van der Waals surface area contributed by atoms with Crippen molar-refractivity contribution >= 4 is 33.4 Å². The summed E-state index contributed by atoms with van der Waals surface area (Å²) in [6, 6.07) is -0.225. The number of carbonyl (C=O) groups excluding carboxylic acids is 1. The van der Waals surface area contributed by atoms with Crippen LogP contribution in [-0.4, -0.2) is 47.0 Å². The second-order valence-corrected chi connectivity index (χ2v) is 8.96. The van der Waals surface area contributed by atoms with Crippen LogP contribution in [-0.2, 0) is 16.3 Å². The third-order valence-electron chi connectivity index (χ3n) is 4.48. The summed E-state index contributed by atoms with van der Waals surface area (Å²) < 4.78 is 27.9. The maximum Gasteiger partial charge on any atom is 0.316 e. The maximum atomic E-state index is 12.3. The van der Waals surface area contributed by atoms with Crippen molar-refractivity contribution in [2.24, 2.45) is 0 Å². The average Bonchev–Trinajstić information content (AvgIpc) is 3.26. The van der Waals surface area contributed by atoms with Crippen LogP contribution < -0.4 is 5.32 Å². The van der Waals surface area contributed by atoms with Gasteiger partial charge >= 0.3 is 11.8 Å². The minimum atomic E-state index is -2.99. The van der Waals surface area contributed by atoms with Crippen molar-refractivity contribution < 1.29 is 17.7 Å². The lowest BCUT2D eigenvalue weighted by molar-refractivity contribution is 0.0890. The first-order valence-electron chi connectivity index (χ1n) is 8.12. The Bertz CT molecular complexity index is 1000. The number of carbonyl (C=O) groups is 1. The summed E-state index contributed by atoms with van der Waals surface area (Å²) in [6.07, 6.45) is 6.90. The second kappa shape index (κ2) is 6.48. The third-order valence-corrected chi connectivity index (χ3v) is 6.60. The molecule has 1 saturated heterocycles. The van der Waals surface area contributed by atoms with Crippen LogP contribution in [0, 0.1) is 0 Å². The van der Waals surface area contributed by atoms with Crippen LogP contribution in [0.5, 0.6) is 0 Å². The summed E-state index contributed by atoms with van der Waals surface area (Å²) in [4.78, 5) is 20.7. The number of fused-ring (bicyclic) bond motifs is 1. The van der Waals surface area contributed by atoms with Gasteiger partial charge in [-0.1, -0.05) is 28.9 Å². The number of nitrogens with zero attached hydrogens (tertiary/aromatic N) is 3. The number of halogens is 1. The van der Waals surface area contributed by atoms with Crippen LogP contribution in [0.1, 0.15) is 34.8 Å². The Morgan fingerprint density at radius 2 is 2.08 bits per heavy atom. The van der Waals surface area contributed by atoms with Gasteiger partial charge in [-0.3, -0.25) is 9.78 Å². The van der Waals surface area contributed by atoms with Crippen LogP contribution in [0.2, 0.25) is 5.02 Å². The summed E-state index contributed by atoms with van der Waals surface area (Å²) in [5.74, 6) is -0.408. The van der Waals surface area contributed by atoms with E-state index < -0.39 is 15.7 Å². The first kappa shape index (κ1) is 17.2. The number of aromatic nitrogens is 3. The zero-order chi connectivity index (χ0) is 18.3. The molecule has 1 amide bonds. The third kappa shape index (κ3) is 3.24. The highest BCUT2D eigenvalue weighted by Crippen LogP contribution is 2.33. The van der Waals surface area contributed by atoms with Crippen LogP contribution in [0.4, 0.5) is 0 Å². The van der Waals surface area contributed by atoms with Gasteiger partial charge in [0.25, 0.3) is 0 Å². The molecule has 1 N–H and O–H groups in total. The van der Waals surface area contributed by atoms with E-state index in [1.165, 1.54) is 0 Å². The van der Waals surface area contributed by atoms with Gasteiger partial charge in [0, 0.05) is 24.2 Å². The van der Waals surface area contributed by atoms with Crippen molar-refractivity contribution in [1.82, 2.24) is 20.4 Å². The summed E-state index contributed by atoms with van der Waals surface area (Å²) >= 11 is 6.39. The molecule has 2 aromatic rings. The van der Waals surface area contributed by atoms with E-state index in [9.17, 15) is 13.2 Å². The molecule has 136 valence electrons. The van der Waals surface area contributed by atoms with Gasteiger partial charge in [-0.15, -0.1) is 0 Å². The predicted molar refractivity (Wildman–Crippen MR) is 94.4 cm³/mol. The van der Waals surface area contributed by atoms with E-state index in [1.54, 1.807) is 6.20 Å². The molecule has 10 heteroatoms. The van der Waals surface area contributed by atoms with Crippen LogP contribution in [0.3, 0.4) is 0 Å². The number of sulfone groups is 1. The van der Waals surface area contributed by atoms with Crippen molar-refractivity contribution in [2.45, 2.75) is 25.3 Å². The number of rotatable bonds is 3. The molecule has 0 radical (unpaired) electrons.